The molecule has 2 N–H and O–H groups in total. The van der Waals surface area contributed by atoms with Crippen LogP contribution in [-0.4, -0.2) is 77.6 Å². The first-order chi connectivity index (χ1) is 16.9. The van der Waals surface area contributed by atoms with Crippen molar-refractivity contribution in [2.45, 2.75) is 31.7 Å². The highest BCUT2D eigenvalue weighted by Gasteiger charge is 2.31. The molecule has 1 saturated heterocycles. The van der Waals surface area contributed by atoms with E-state index in [-0.39, 0.29) is 51.0 Å². The van der Waals surface area contributed by atoms with Crippen LogP contribution in [0.5, 0.6) is 0 Å². The van der Waals surface area contributed by atoms with Crippen LogP contribution in [-0.2, 0) is 19.1 Å². The number of carboxylic acids is 1. The SMILES string of the molecule is CC[C@H](CC(=O)N1CCN(CC(=O)O)C(=O)C1)NC(=O)OCC1c2ccccc2-c2ccccc21. The van der Waals surface area contributed by atoms with Crippen molar-refractivity contribution in [2.75, 3.05) is 32.8 Å². The fraction of sp³-hybridized carbons (Fsp3) is 0.385. The van der Waals surface area contributed by atoms with E-state index < -0.39 is 24.0 Å². The Morgan fingerprint density at radius 1 is 1.06 bits per heavy atom. The molecule has 1 fully saturated rings. The summed E-state index contributed by atoms with van der Waals surface area (Å²) in [7, 11) is 0. The highest BCUT2D eigenvalue weighted by Crippen LogP contribution is 2.44. The summed E-state index contributed by atoms with van der Waals surface area (Å²) >= 11 is 0. The second-order valence-corrected chi connectivity index (χ2v) is 8.80. The summed E-state index contributed by atoms with van der Waals surface area (Å²) in [6.45, 7) is 1.95. The zero-order valence-electron chi connectivity index (χ0n) is 19.6. The van der Waals surface area contributed by atoms with Crippen molar-refractivity contribution < 1.29 is 29.0 Å². The van der Waals surface area contributed by atoms with Crippen molar-refractivity contribution in [3.63, 3.8) is 0 Å². The summed E-state index contributed by atoms with van der Waals surface area (Å²) in [6.07, 6.45) is -0.0377. The molecule has 184 valence electrons. The lowest BCUT2D eigenvalue weighted by molar-refractivity contribution is -0.150. The topological polar surface area (TPSA) is 116 Å². The number of carboxylic acid groups (broad SMARTS) is 1. The average molecular weight is 480 g/mol. The molecule has 0 unspecified atom stereocenters. The van der Waals surface area contributed by atoms with E-state index in [1.165, 1.54) is 9.80 Å². The molecule has 35 heavy (non-hydrogen) atoms. The van der Waals surface area contributed by atoms with Crippen molar-refractivity contribution in [3.05, 3.63) is 59.7 Å². The van der Waals surface area contributed by atoms with E-state index in [0.717, 1.165) is 22.3 Å². The van der Waals surface area contributed by atoms with E-state index in [1.54, 1.807) is 0 Å². The third-order valence-electron chi connectivity index (χ3n) is 6.58. The van der Waals surface area contributed by atoms with E-state index in [1.807, 2.05) is 43.3 Å². The number of fused-ring (bicyclic) bond motifs is 3. The van der Waals surface area contributed by atoms with Gasteiger partial charge in [0, 0.05) is 31.5 Å². The summed E-state index contributed by atoms with van der Waals surface area (Å²) in [5.74, 6) is -1.80. The molecule has 2 aromatic carbocycles. The van der Waals surface area contributed by atoms with Crippen LogP contribution in [0, 0.1) is 0 Å². The van der Waals surface area contributed by atoms with Crippen LogP contribution in [0.4, 0.5) is 4.79 Å². The number of carbonyl (C=O) groups is 4. The number of nitrogens with zero attached hydrogens (tertiary/aromatic N) is 2. The van der Waals surface area contributed by atoms with Crippen molar-refractivity contribution in [3.8, 4) is 11.1 Å². The number of ether oxygens (including phenoxy) is 1. The third-order valence-corrected chi connectivity index (χ3v) is 6.58. The Morgan fingerprint density at radius 2 is 1.69 bits per heavy atom. The number of aliphatic carboxylic acids is 1. The van der Waals surface area contributed by atoms with Crippen molar-refractivity contribution in [1.29, 1.82) is 0 Å². The van der Waals surface area contributed by atoms with Gasteiger partial charge in [-0.2, -0.15) is 0 Å². The fourth-order valence-corrected chi connectivity index (χ4v) is 4.70. The Hall–Kier alpha value is -3.88. The van der Waals surface area contributed by atoms with Crippen molar-refractivity contribution in [1.82, 2.24) is 15.1 Å². The number of amides is 3. The molecule has 0 aromatic heterocycles. The predicted molar refractivity (Wildman–Crippen MR) is 128 cm³/mol. The molecule has 9 nitrogen and oxygen atoms in total. The van der Waals surface area contributed by atoms with E-state index in [2.05, 4.69) is 17.4 Å². The Labute approximate surface area is 203 Å². The smallest absolute Gasteiger partial charge is 0.407 e. The second kappa shape index (κ2) is 10.6. The van der Waals surface area contributed by atoms with E-state index >= 15 is 0 Å². The normalized spacial score (nSPS) is 15.9. The molecule has 0 spiro atoms. The summed E-state index contributed by atoms with van der Waals surface area (Å²) in [5.41, 5.74) is 4.53. The molecule has 0 saturated carbocycles. The maximum Gasteiger partial charge on any atom is 0.407 e. The highest BCUT2D eigenvalue weighted by molar-refractivity contribution is 5.88. The van der Waals surface area contributed by atoms with Crippen molar-refractivity contribution in [2.24, 2.45) is 0 Å². The molecule has 1 aliphatic carbocycles. The van der Waals surface area contributed by atoms with Gasteiger partial charge in [-0.1, -0.05) is 55.5 Å². The molecule has 1 aliphatic heterocycles. The Bertz CT molecular complexity index is 1090. The van der Waals surface area contributed by atoms with Gasteiger partial charge >= 0.3 is 12.1 Å². The van der Waals surface area contributed by atoms with Gasteiger partial charge in [0.15, 0.2) is 0 Å². The molecule has 2 aromatic rings. The zero-order chi connectivity index (χ0) is 24.9. The Morgan fingerprint density at radius 3 is 2.26 bits per heavy atom. The van der Waals surface area contributed by atoms with Crippen LogP contribution >= 0.6 is 0 Å². The summed E-state index contributed by atoms with van der Waals surface area (Å²) < 4.78 is 5.58. The van der Waals surface area contributed by atoms with E-state index in [4.69, 9.17) is 9.84 Å². The molecule has 2 aliphatic rings. The molecule has 1 heterocycles. The van der Waals surface area contributed by atoms with Gasteiger partial charge in [0.1, 0.15) is 13.2 Å². The van der Waals surface area contributed by atoms with Gasteiger partial charge in [-0.3, -0.25) is 14.4 Å². The first-order valence-electron chi connectivity index (χ1n) is 11.8. The van der Waals surface area contributed by atoms with Gasteiger partial charge in [-0.05, 0) is 28.7 Å². The van der Waals surface area contributed by atoms with Gasteiger partial charge in [-0.15, -0.1) is 0 Å². The van der Waals surface area contributed by atoms with Gasteiger partial charge in [-0.25, -0.2) is 4.79 Å². The summed E-state index contributed by atoms with van der Waals surface area (Å²) in [5, 5.41) is 11.6. The number of rotatable bonds is 8. The van der Waals surface area contributed by atoms with Gasteiger partial charge in [0.05, 0.1) is 6.54 Å². The second-order valence-electron chi connectivity index (χ2n) is 8.80. The lowest BCUT2D eigenvalue weighted by atomic mass is 9.98. The van der Waals surface area contributed by atoms with Crippen LogP contribution in [0.15, 0.2) is 48.5 Å². The first kappa shape index (κ1) is 24.3. The number of alkyl carbamates (subject to hydrolysis) is 1. The molecule has 4 rings (SSSR count). The molecule has 1 atom stereocenters. The van der Waals surface area contributed by atoms with Crippen LogP contribution in [0.25, 0.3) is 11.1 Å². The number of hydrogen-bond acceptors (Lipinski definition) is 5. The molecule has 0 radical (unpaired) electrons. The lowest BCUT2D eigenvalue weighted by Gasteiger charge is -2.34. The number of hydrogen-bond donors (Lipinski definition) is 2. The standard InChI is InChI=1S/C26H29N3O6/c1-2-17(13-23(30)28-11-12-29(15-25(32)33)24(31)14-28)27-26(34)35-16-22-20-9-5-3-7-18(20)19-8-4-6-10-21(19)22/h3-10,17,22H,2,11-16H2,1H3,(H,27,34)(H,32,33)/t17-/m1/s1. The van der Waals surface area contributed by atoms with Crippen LogP contribution in [0.3, 0.4) is 0 Å². The number of nitrogens with one attached hydrogen (secondary N) is 1. The highest BCUT2D eigenvalue weighted by atomic mass is 16.5. The number of carbonyl (C=O) groups excluding carboxylic acids is 3. The average Bonchev–Trinajstić information content (AvgIpc) is 3.17. The molecular formula is C26H29N3O6. The fourth-order valence-electron chi connectivity index (χ4n) is 4.70. The quantitative estimate of drug-likeness (QED) is 0.601. The minimum atomic E-state index is -1.09. The Kier molecular flexibility index (Phi) is 7.33. The maximum atomic E-state index is 12.7. The molecule has 3 amide bonds. The molecular weight excluding hydrogens is 450 g/mol. The van der Waals surface area contributed by atoms with Crippen LogP contribution in [0.2, 0.25) is 0 Å². The minimum absolute atomic E-state index is 0.0346. The third kappa shape index (κ3) is 5.45. The number of piperazine rings is 1. The van der Waals surface area contributed by atoms with E-state index in [0.29, 0.717) is 6.42 Å². The van der Waals surface area contributed by atoms with Gasteiger partial charge < -0.3 is 25.0 Å². The number of benzene rings is 2. The van der Waals surface area contributed by atoms with E-state index in [9.17, 15) is 19.2 Å². The maximum absolute atomic E-state index is 12.7. The van der Waals surface area contributed by atoms with Gasteiger partial charge in [0.25, 0.3) is 0 Å². The van der Waals surface area contributed by atoms with Crippen molar-refractivity contribution >= 4 is 23.9 Å². The van der Waals surface area contributed by atoms with Gasteiger partial charge in [0.2, 0.25) is 11.8 Å². The molecule has 9 heteroatoms. The monoisotopic (exact) mass is 479 g/mol. The summed E-state index contributed by atoms with van der Waals surface area (Å²) in [6, 6.07) is 15.7. The zero-order valence-corrected chi connectivity index (χ0v) is 19.6. The van der Waals surface area contributed by atoms with Crippen LogP contribution in [0.1, 0.15) is 36.8 Å². The Balaban J connectivity index is 1.30. The molecule has 0 bridgehead atoms. The predicted octanol–water partition coefficient (Wildman–Crippen LogP) is 2.45. The van der Waals surface area contributed by atoms with Crippen LogP contribution < -0.4 is 5.32 Å². The first-order valence-corrected chi connectivity index (χ1v) is 11.8. The largest absolute Gasteiger partial charge is 0.480 e. The lowest BCUT2D eigenvalue weighted by Crippen LogP contribution is -2.54. The minimum Gasteiger partial charge on any atom is -0.480 e. The summed E-state index contributed by atoms with van der Waals surface area (Å²) in [4.78, 5) is 50.9.